The lowest BCUT2D eigenvalue weighted by atomic mass is 9.97. The highest BCUT2D eigenvalue weighted by molar-refractivity contribution is 6.26. The molecule has 1 N–H and O–H groups in total. The van der Waals surface area contributed by atoms with Crippen molar-refractivity contribution in [1.29, 1.82) is 0 Å². The summed E-state index contributed by atoms with van der Waals surface area (Å²) in [7, 11) is 0. The number of hydrogen-bond acceptors (Lipinski definition) is 5. The minimum Gasteiger partial charge on any atom is -0.456 e. The van der Waals surface area contributed by atoms with Crippen LogP contribution in [0.2, 0.25) is 0 Å². The van der Waals surface area contributed by atoms with Crippen molar-refractivity contribution in [3.05, 3.63) is 180 Å². The Labute approximate surface area is 298 Å². The smallest absolute Gasteiger partial charge is 0.149 e. The van der Waals surface area contributed by atoms with Gasteiger partial charge in [0.2, 0.25) is 0 Å². The standard InChI is InChI=1S/C47H29N3O2/c1-3-13-28(14-4-1)38-27-39(33-20-12-24-41-42(33)34-18-8-10-23-40(34)51-41)50-47(49-38)36-21-11-19-30-31-25-26-35-43(46(31)52-45(30)36)32-17-7-9-22-37(32)48-44(35)29-15-5-2-6-16-29/h1-27,47,49H. The van der Waals surface area contributed by atoms with Gasteiger partial charge in [-0.25, -0.2) is 4.98 Å². The van der Waals surface area contributed by atoms with Gasteiger partial charge >= 0.3 is 0 Å². The molecular formula is C47H29N3O2. The van der Waals surface area contributed by atoms with Crippen LogP contribution in [-0.2, 0) is 0 Å². The monoisotopic (exact) mass is 667 g/mol. The van der Waals surface area contributed by atoms with Gasteiger partial charge < -0.3 is 14.2 Å². The molecule has 5 heteroatoms. The molecule has 0 amide bonds. The molecule has 1 aliphatic heterocycles. The van der Waals surface area contributed by atoms with Crippen LogP contribution in [0.25, 0.3) is 82.5 Å². The van der Waals surface area contributed by atoms with Gasteiger partial charge in [-0.05, 0) is 35.9 Å². The zero-order valence-corrected chi connectivity index (χ0v) is 27.9. The van der Waals surface area contributed by atoms with Crippen molar-refractivity contribution in [1.82, 2.24) is 10.3 Å². The average Bonchev–Trinajstić information content (AvgIpc) is 3.80. The van der Waals surface area contributed by atoms with Gasteiger partial charge in [0.05, 0.1) is 16.9 Å². The van der Waals surface area contributed by atoms with Crippen LogP contribution in [0.5, 0.6) is 0 Å². The summed E-state index contributed by atoms with van der Waals surface area (Å²) in [6.45, 7) is 0. The molecule has 1 aliphatic rings. The molecule has 244 valence electrons. The molecule has 1 atom stereocenters. The predicted molar refractivity (Wildman–Crippen MR) is 213 cm³/mol. The first-order chi connectivity index (χ1) is 25.8. The molecule has 0 fully saturated rings. The van der Waals surface area contributed by atoms with Crippen molar-refractivity contribution in [2.45, 2.75) is 6.17 Å². The Kier molecular flexibility index (Phi) is 6.25. The van der Waals surface area contributed by atoms with E-state index in [2.05, 4.69) is 127 Å². The average molecular weight is 668 g/mol. The third-order valence-electron chi connectivity index (χ3n) is 10.3. The largest absolute Gasteiger partial charge is 0.456 e. The molecule has 0 radical (unpaired) electrons. The summed E-state index contributed by atoms with van der Waals surface area (Å²) in [5.74, 6) is 0. The molecule has 0 spiro atoms. The fourth-order valence-corrected chi connectivity index (χ4v) is 7.94. The molecular weight excluding hydrogens is 639 g/mol. The number of benzene rings is 7. The van der Waals surface area contributed by atoms with Crippen molar-refractivity contribution >= 4 is 77.0 Å². The highest BCUT2D eigenvalue weighted by atomic mass is 16.3. The molecule has 0 aliphatic carbocycles. The van der Waals surface area contributed by atoms with Gasteiger partial charge in [-0.3, -0.25) is 4.99 Å². The Morgan fingerprint density at radius 3 is 2.02 bits per heavy atom. The Morgan fingerprint density at radius 2 is 1.15 bits per heavy atom. The van der Waals surface area contributed by atoms with Crippen molar-refractivity contribution in [3.63, 3.8) is 0 Å². The quantitative estimate of drug-likeness (QED) is 0.190. The number of nitrogens with one attached hydrogen (secondary N) is 1. The van der Waals surface area contributed by atoms with E-state index in [1.165, 1.54) is 0 Å². The van der Waals surface area contributed by atoms with Crippen molar-refractivity contribution in [2.75, 3.05) is 0 Å². The van der Waals surface area contributed by atoms with E-state index in [0.29, 0.717) is 0 Å². The Balaban J connectivity index is 1.16. The van der Waals surface area contributed by atoms with E-state index >= 15 is 0 Å². The number of para-hydroxylation sites is 3. The molecule has 7 aromatic carbocycles. The molecule has 4 heterocycles. The lowest BCUT2D eigenvalue weighted by Gasteiger charge is -2.25. The summed E-state index contributed by atoms with van der Waals surface area (Å²) >= 11 is 0. The van der Waals surface area contributed by atoms with E-state index in [9.17, 15) is 0 Å². The first kappa shape index (κ1) is 28.8. The third-order valence-corrected chi connectivity index (χ3v) is 10.3. The molecule has 0 bridgehead atoms. The molecule has 11 rings (SSSR count). The van der Waals surface area contributed by atoms with Crippen molar-refractivity contribution < 1.29 is 8.83 Å². The second-order valence-electron chi connectivity index (χ2n) is 13.3. The maximum atomic E-state index is 7.07. The molecule has 1 unspecified atom stereocenters. The fraction of sp³-hybridized carbons (Fsp3) is 0.0213. The number of furan rings is 2. The number of fused-ring (bicyclic) bond motifs is 10. The van der Waals surface area contributed by atoms with Gasteiger partial charge in [0.25, 0.3) is 0 Å². The third kappa shape index (κ3) is 4.36. The van der Waals surface area contributed by atoms with Crippen molar-refractivity contribution in [3.8, 4) is 11.3 Å². The number of rotatable bonds is 4. The van der Waals surface area contributed by atoms with Gasteiger partial charge in [0, 0.05) is 60.1 Å². The fourth-order valence-electron chi connectivity index (χ4n) is 7.94. The predicted octanol–water partition coefficient (Wildman–Crippen LogP) is 12.0. The maximum Gasteiger partial charge on any atom is 0.149 e. The maximum absolute atomic E-state index is 7.07. The summed E-state index contributed by atoms with van der Waals surface area (Å²) in [5.41, 5.74) is 11.3. The van der Waals surface area contributed by atoms with E-state index in [-0.39, 0.29) is 0 Å². The molecule has 0 saturated heterocycles. The number of pyridine rings is 1. The zero-order valence-electron chi connectivity index (χ0n) is 27.9. The summed E-state index contributed by atoms with van der Waals surface area (Å²) in [5, 5.41) is 11.2. The highest BCUT2D eigenvalue weighted by Crippen LogP contribution is 2.43. The van der Waals surface area contributed by atoms with Gasteiger partial charge in [-0.2, -0.15) is 0 Å². The first-order valence-electron chi connectivity index (χ1n) is 17.5. The number of allylic oxidation sites excluding steroid dienone is 1. The van der Waals surface area contributed by atoms with Gasteiger partial charge in [0.1, 0.15) is 28.5 Å². The van der Waals surface area contributed by atoms with Gasteiger partial charge in [-0.15, -0.1) is 0 Å². The molecule has 3 aromatic heterocycles. The van der Waals surface area contributed by atoms with E-state index in [0.717, 1.165) is 105 Å². The normalized spacial score (nSPS) is 14.7. The van der Waals surface area contributed by atoms with E-state index in [1.54, 1.807) is 0 Å². The van der Waals surface area contributed by atoms with Crippen LogP contribution in [0.4, 0.5) is 0 Å². The Morgan fingerprint density at radius 1 is 0.481 bits per heavy atom. The van der Waals surface area contributed by atoms with E-state index in [4.69, 9.17) is 18.8 Å². The SMILES string of the molecule is C1=C(c2ccccc2)NC(c2cccc3c2oc2c3ccc3c(-c4ccccc4)nc4ccccc4c32)N=C1c1cccc2oc3ccccc3c12. The number of nitrogens with zero attached hydrogens (tertiary/aromatic N) is 2. The number of hydrogen-bond donors (Lipinski definition) is 1. The summed E-state index contributed by atoms with van der Waals surface area (Å²) in [6.07, 6.45) is 1.73. The molecule has 0 saturated carbocycles. The second-order valence-corrected chi connectivity index (χ2v) is 13.3. The van der Waals surface area contributed by atoms with E-state index in [1.807, 2.05) is 42.5 Å². The number of aliphatic imine (C=N–C) groups is 1. The topological polar surface area (TPSA) is 63.6 Å². The van der Waals surface area contributed by atoms with Crippen LogP contribution in [0, 0.1) is 0 Å². The summed E-state index contributed by atoms with van der Waals surface area (Å²) in [6, 6.07) is 54.3. The minimum absolute atomic E-state index is 0.419. The first-order valence-corrected chi connectivity index (χ1v) is 17.5. The van der Waals surface area contributed by atoms with Gasteiger partial charge in [-0.1, -0.05) is 133 Å². The molecule has 10 aromatic rings. The highest BCUT2D eigenvalue weighted by Gasteiger charge is 2.26. The minimum atomic E-state index is -0.419. The van der Waals surface area contributed by atoms with Crippen LogP contribution in [0.1, 0.15) is 22.9 Å². The van der Waals surface area contributed by atoms with Crippen LogP contribution in [0.15, 0.2) is 178 Å². The van der Waals surface area contributed by atoms with Crippen LogP contribution in [0.3, 0.4) is 0 Å². The Hall–Kier alpha value is -6.98. The summed E-state index contributed by atoms with van der Waals surface area (Å²) < 4.78 is 13.4. The molecule has 5 nitrogen and oxygen atoms in total. The van der Waals surface area contributed by atoms with E-state index < -0.39 is 6.17 Å². The van der Waals surface area contributed by atoms with Crippen LogP contribution in [-0.4, -0.2) is 10.7 Å². The zero-order chi connectivity index (χ0) is 34.2. The second kappa shape index (κ2) is 11.3. The van der Waals surface area contributed by atoms with Crippen molar-refractivity contribution in [2.24, 2.45) is 4.99 Å². The van der Waals surface area contributed by atoms with Crippen LogP contribution >= 0.6 is 0 Å². The lowest BCUT2D eigenvalue weighted by molar-refractivity contribution is 0.626. The van der Waals surface area contributed by atoms with Crippen LogP contribution < -0.4 is 5.32 Å². The Bertz CT molecular complexity index is 3100. The lowest BCUT2D eigenvalue weighted by Crippen LogP contribution is -2.25. The number of aromatic nitrogens is 1. The van der Waals surface area contributed by atoms with Gasteiger partial charge in [0.15, 0.2) is 0 Å². The molecule has 52 heavy (non-hydrogen) atoms. The summed E-state index contributed by atoms with van der Waals surface area (Å²) in [4.78, 5) is 10.6.